The van der Waals surface area contributed by atoms with Crippen LogP contribution in [-0.2, 0) is 11.3 Å². The average molecular weight is 340 g/mol. The number of rotatable bonds is 5. The summed E-state index contributed by atoms with van der Waals surface area (Å²) in [5.41, 5.74) is 1.20. The van der Waals surface area contributed by atoms with Crippen LogP contribution in [0.1, 0.15) is 41.0 Å². The molecule has 1 aliphatic heterocycles. The third kappa shape index (κ3) is 3.26. The van der Waals surface area contributed by atoms with Gasteiger partial charge in [0.25, 0.3) is 11.8 Å². The normalized spacial score (nSPS) is 16.9. The summed E-state index contributed by atoms with van der Waals surface area (Å²) in [5.74, 6) is 0.639. The van der Waals surface area contributed by atoms with Gasteiger partial charge in [-0.1, -0.05) is 17.3 Å². The molecule has 3 heterocycles. The lowest BCUT2D eigenvalue weighted by Crippen LogP contribution is -2.24. The van der Waals surface area contributed by atoms with Gasteiger partial charge in [0.05, 0.1) is 17.8 Å². The van der Waals surface area contributed by atoms with Crippen LogP contribution in [0, 0.1) is 0 Å². The zero-order valence-electron chi connectivity index (χ0n) is 13.3. The van der Waals surface area contributed by atoms with Gasteiger partial charge in [-0.25, -0.2) is 0 Å². The van der Waals surface area contributed by atoms with E-state index in [9.17, 15) is 4.79 Å². The molecule has 1 N–H and O–H groups in total. The van der Waals surface area contributed by atoms with Gasteiger partial charge in [-0.3, -0.25) is 9.36 Å². The Labute approximate surface area is 143 Å². The molecule has 0 spiro atoms. The van der Waals surface area contributed by atoms with Crippen molar-refractivity contribution in [2.75, 3.05) is 6.61 Å². The molecule has 1 saturated heterocycles. The van der Waals surface area contributed by atoms with Crippen molar-refractivity contribution in [3.05, 3.63) is 54.2 Å². The number of amides is 1. The number of hydrogen-bond donors (Lipinski definition) is 1. The maximum absolute atomic E-state index is 12.5. The van der Waals surface area contributed by atoms with Crippen LogP contribution in [0.5, 0.6) is 0 Å². The fourth-order valence-electron chi connectivity index (χ4n) is 2.71. The number of ether oxygens (including phenoxy) is 1. The average Bonchev–Trinajstić information content (AvgIpc) is 3.41. The molecule has 9 nitrogen and oxygen atoms in total. The lowest BCUT2D eigenvalue weighted by Gasteiger charge is -2.09. The van der Waals surface area contributed by atoms with Crippen LogP contribution in [0.25, 0.3) is 5.69 Å². The van der Waals surface area contributed by atoms with Gasteiger partial charge in [-0.05, 0) is 25.0 Å². The SMILES string of the molecule is O=C(NCc1noc(C2CCCO2)n1)c1ccccc1-n1cnnc1. The Morgan fingerprint density at radius 2 is 2.12 bits per heavy atom. The first-order valence-electron chi connectivity index (χ1n) is 7.97. The summed E-state index contributed by atoms with van der Waals surface area (Å²) in [6.45, 7) is 0.880. The van der Waals surface area contributed by atoms with E-state index >= 15 is 0 Å². The third-order valence-corrected chi connectivity index (χ3v) is 3.94. The minimum Gasteiger partial charge on any atom is -0.368 e. The topological polar surface area (TPSA) is 108 Å². The van der Waals surface area contributed by atoms with Crippen molar-refractivity contribution in [3.8, 4) is 5.69 Å². The number of para-hydroxylation sites is 1. The molecule has 4 rings (SSSR count). The molecule has 0 aliphatic carbocycles. The van der Waals surface area contributed by atoms with E-state index in [0.29, 0.717) is 29.6 Å². The first kappa shape index (κ1) is 15.5. The number of hydrogen-bond acceptors (Lipinski definition) is 7. The van der Waals surface area contributed by atoms with Crippen molar-refractivity contribution in [2.45, 2.75) is 25.5 Å². The van der Waals surface area contributed by atoms with Gasteiger partial charge in [-0.15, -0.1) is 10.2 Å². The largest absolute Gasteiger partial charge is 0.368 e. The Hall–Kier alpha value is -3.07. The van der Waals surface area contributed by atoms with Gasteiger partial charge in [0, 0.05) is 6.61 Å². The van der Waals surface area contributed by atoms with E-state index in [0.717, 1.165) is 12.8 Å². The van der Waals surface area contributed by atoms with Gasteiger partial charge in [-0.2, -0.15) is 4.98 Å². The number of carbonyl (C=O) groups is 1. The van der Waals surface area contributed by atoms with E-state index in [1.807, 2.05) is 12.1 Å². The van der Waals surface area contributed by atoms with Crippen LogP contribution in [0.3, 0.4) is 0 Å². The predicted octanol–water partition coefficient (Wildman–Crippen LogP) is 1.43. The Kier molecular flexibility index (Phi) is 4.21. The Morgan fingerprint density at radius 3 is 2.92 bits per heavy atom. The van der Waals surface area contributed by atoms with E-state index < -0.39 is 0 Å². The van der Waals surface area contributed by atoms with Crippen LogP contribution >= 0.6 is 0 Å². The Balaban J connectivity index is 1.45. The highest BCUT2D eigenvalue weighted by atomic mass is 16.5. The molecule has 2 aromatic heterocycles. The second-order valence-corrected chi connectivity index (χ2v) is 5.62. The zero-order chi connectivity index (χ0) is 17.1. The van der Waals surface area contributed by atoms with E-state index in [4.69, 9.17) is 9.26 Å². The van der Waals surface area contributed by atoms with Gasteiger partial charge in [0.15, 0.2) is 5.82 Å². The standard InChI is InChI=1S/C16H16N6O3/c23-15(11-4-1-2-5-12(11)22-9-18-19-10-22)17-8-14-20-16(25-21-14)13-6-3-7-24-13/h1-2,4-5,9-10,13H,3,6-8H2,(H,17,23). The third-order valence-electron chi connectivity index (χ3n) is 3.94. The van der Waals surface area contributed by atoms with Gasteiger partial charge in [0.2, 0.25) is 0 Å². The Morgan fingerprint density at radius 1 is 1.28 bits per heavy atom. The molecule has 1 atom stereocenters. The highest BCUT2D eigenvalue weighted by molar-refractivity contribution is 5.97. The molecule has 9 heteroatoms. The number of nitrogens with zero attached hydrogens (tertiary/aromatic N) is 5. The molecule has 1 aromatic carbocycles. The molecule has 1 aliphatic rings. The maximum Gasteiger partial charge on any atom is 0.255 e. The number of benzene rings is 1. The summed E-state index contributed by atoms with van der Waals surface area (Å²) >= 11 is 0. The van der Waals surface area contributed by atoms with E-state index in [-0.39, 0.29) is 18.6 Å². The monoisotopic (exact) mass is 340 g/mol. The van der Waals surface area contributed by atoms with Crippen LogP contribution < -0.4 is 5.32 Å². The molecule has 128 valence electrons. The molecule has 0 radical (unpaired) electrons. The predicted molar refractivity (Wildman–Crippen MR) is 84.8 cm³/mol. The summed E-state index contributed by atoms with van der Waals surface area (Å²) < 4.78 is 12.4. The number of aromatic nitrogens is 5. The van der Waals surface area contributed by atoms with Crippen molar-refractivity contribution in [1.29, 1.82) is 0 Å². The van der Waals surface area contributed by atoms with Gasteiger partial charge in [0.1, 0.15) is 18.8 Å². The van der Waals surface area contributed by atoms with Crippen molar-refractivity contribution in [3.63, 3.8) is 0 Å². The van der Waals surface area contributed by atoms with Crippen molar-refractivity contribution in [2.24, 2.45) is 0 Å². The summed E-state index contributed by atoms with van der Waals surface area (Å²) in [7, 11) is 0. The van der Waals surface area contributed by atoms with Crippen molar-refractivity contribution in [1.82, 2.24) is 30.2 Å². The van der Waals surface area contributed by atoms with E-state index in [1.54, 1.807) is 29.4 Å². The summed E-state index contributed by atoms with van der Waals surface area (Å²) in [5, 5.41) is 14.2. The second-order valence-electron chi connectivity index (χ2n) is 5.62. The van der Waals surface area contributed by atoms with Crippen molar-refractivity contribution < 1.29 is 14.1 Å². The summed E-state index contributed by atoms with van der Waals surface area (Å²) in [4.78, 5) is 16.8. The lowest BCUT2D eigenvalue weighted by atomic mass is 10.1. The minimum absolute atomic E-state index is 0.133. The molecule has 0 saturated carbocycles. The van der Waals surface area contributed by atoms with Gasteiger partial charge < -0.3 is 14.6 Å². The molecule has 1 amide bonds. The summed E-state index contributed by atoms with van der Waals surface area (Å²) in [6.07, 6.45) is 4.81. The summed E-state index contributed by atoms with van der Waals surface area (Å²) in [6, 6.07) is 7.20. The second kappa shape index (κ2) is 6.81. The first-order valence-corrected chi connectivity index (χ1v) is 7.97. The number of carbonyl (C=O) groups excluding carboxylic acids is 1. The molecule has 3 aromatic rings. The van der Waals surface area contributed by atoms with Gasteiger partial charge >= 0.3 is 0 Å². The molecule has 0 bridgehead atoms. The molecule has 25 heavy (non-hydrogen) atoms. The number of nitrogens with one attached hydrogen (secondary N) is 1. The smallest absolute Gasteiger partial charge is 0.255 e. The fourth-order valence-corrected chi connectivity index (χ4v) is 2.71. The van der Waals surface area contributed by atoms with Crippen LogP contribution in [0.2, 0.25) is 0 Å². The quantitative estimate of drug-likeness (QED) is 0.748. The van der Waals surface area contributed by atoms with Crippen molar-refractivity contribution >= 4 is 5.91 Å². The molecule has 1 fully saturated rings. The molecular weight excluding hydrogens is 324 g/mol. The zero-order valence-corrected chi connectivity index (χ0v) is 13.3. The van der Waals surface area contributed by atoms with E-state index in [2.05, 4.69) is 25.7 Å². The molecular formula is C16H16N6O3. The first-order chi connectivity index (χ1) is 12.3. The van der Waals surface area contributed by atoms with Crippen LogP contribution in [0.15, 0.2) is 41.4 Å². The highest BCUT2D eigenvalue weighted by Gasteiger charge is 2.24. The lowest BCUT2D eigenvalue weighted by molar-refractivity contribution is 0.0835. The Bertz CT molecular complexity index is 854. The molecule has 1 unspecified atom stereocenters. The van der Waals surface area contributed by atoms with Crippen LogP contribution in [-0.4, -0.2) is 37.4 Å². The minimum atomic E-state index is -0.243. The maximum atomic E-state index is 12.5. The van der Waals surface area contributed by atoms with Crippen LogP contribution in [0.4, 0.5) is 0 Å². The highest BCUT2D eigenvalue weighted by Crippen LogP contribution is 2.26. The fraction of sp³-hybridized carbons (Fsp3) is 0.312. The van der Waals surface area contributed by atoms with E-state index in [1.165, 1.54) is 0 Å².